The van der Waals surface area contributed by atoms with Gasteiger partial charge in [-0.1, -0.05) is 36.4 Å². The minimum Gasteiger partial charge on any atom is -0.406 e. The molecule has 3 N–H and O–H groups in total. The molecule has 1 unspecified atom stereocenters. The Morgan fingerprint density at radius 2 is 1.60 bits per heavy atom. The normalized spacial score (nSPS) is 12.6. The summed E-state index contributed by atoms with van der Waals surface area (Å²) < 4.78 is 40.3. The highest BCUT2D eigenvalue weighted by atomic mass is 19.4. The van der Waals surface area contributed by atoms with Crippen LogP contribution in [-0.2, 0) is 11.2 Å². The molecule has 1 amide bonds. The number of carbonyl (C=O) groups is 1. The lowest BCUT2D eigenvalue weighted by Gasteiger charge is -2.11. The molecular weight excluding hydrogens is 333 g/mol. The topological polar surface area (TPSA) is 64.3 Å². The molecule has 25 heavy (non-hydrogen) atoms. The number of nitrogens with two attached hydrogens (primary N) is 1. The Labute approximate surface area is 143 Å². The summed E-state index contributed by atoms with van der Waals surface area (Å²) in [6.07, 6.45) is -3.96. The summed E-state index contributed by atoms with van der Waals surface area (Å²) >= 11 is 0. The van der Waals surface area contributed by atoms with Gasteiger partial charge in [0.25, 0.3) is 0 Å². The molecule has 0 radical (unpaired) electrons. The summed E-state index contributed by atoms with van der Waals surface area (Å²) in [5.41, 5.74) is 7.93. The SMILES string of the molecule is CC(NCCc1ccc(-c2ccc(OC(F)(F)F)cc2)cc1)C(N)=O. The predicted octanol–water partition coefficient (Wildman–Crippen LogP) is 3.26. The van der Waals surface area contributed by atoms with Gasteiger partial charge in [0.05, 0.1) is 6.04 Å². The van der Waals surface area contributed by atoms with Crippen LogP contribution in [-0.4, -0.2) is 24.9 Å². The maximum Gasteiger partial charge on any atom is 0.573 e. The summed E-state index contributed by atoms with van der Waals surface area (Å²) in [5.74, 6) is -0.643. The van der Waals surface area contributed by atoms with E-state index in [9.17, 15) is 18.0 Å². The van der Waals surface area contributed by atoms with Crippen LogP contribution in [0.5, 0.6) is 5.75 Å². The van der Waals surface area contributed by atoms with Gasteiger partial charge >= 0.3 is 6.36 Å². The third-order valence-corrected chi connectivity index (χ3v) is 3.67. The van der Waals surface area contributed by atoms with Gasteiger partial charge in [-0.3, -0.25) is 4.79 Å². The molecule has 0 saturated carbocycles. The predicted molar refractivity (Wildman–Crippen MR) is 88.9 cm³/mol. The van der Waals surface area contributed by atoms with Gasteiger partial charge < -0.3 is 15.8 Å². The number of carbonyl (C=O) groups excluding carboxylic acids is 1. The van der Waals surface area contributed by atoms with Gasteiger partial charge in [-0.05, 0) is 48.7 Å². The molecule has 0 saturated heterocycles. The van der Waals surface area contributed by atoms with Gasteiger partial charge in [0.1, 0.15) is 5.75 Å². The minimum absolute atomic E-state index is 0.248. The zero-order chi connectivity index (χ0) is 18.4. The summed E-state index contributed by atoms with van der Waals surface area (Å²) in [7, 11) is 0. The second kappa shape index (κ2) is 8.02. The van der Waals surface area contributed by atoms with E-state index in [0.29, 0.717) is 6.54 Å². The standard InChI is InChI=1S/C18H19F3N2O2/c1-12(17(22)24)23-11-10-13-2-4-14(5-3-13)15-6-8-16(9-7-15)25-18(19,20)21/h2-9,12,23H,10-11H2,1H3,(H2,22,24). The number of amides is 1. The first kappa shape index (κ1) is 18.8. The fourth-order valence-corrected chi connectivity index (χ4v) is 2.25. The maximum atomic E-state index is 12.2. The van der Waals surface area contributed by atoms with Gasteiger partial charge in [-0.25, -0.2) is 0 Å². The average Bonchev–Trinajstić information content (AvgIpc) is 2.54. The second-order valence-corrected chi connectivity index (χ2v) is 5.60. The van der Waals surface area contributed by atoms with E-state index in [1.54, 1.807) is 19.1 Å². The van der Waals surface area contributed by atoms with E-state index in [4.69, 9.17) is 5.73 Å². The maximum absolute atomic E-state index is 12.2. The van der Waals surface area contributed by atoms with Crippen LogP contribution in [0.15, 0.2) is 48.5 Å². The molecular formula is C18H19F3N2O2. The molecule has 0 heterocycles. The van der Waals surface area contributed by atoms with E-state index >= 15 is 0 Å². The number of alkyl halides is 3. The van der Waals surface area contributed by atoms with Crippen LogP contribution in [0.3, 0.4) is 0 Å². The van der Waals surface area contributed by atoms with Crippen molar-refractivity contribution in [1.29, 1.82) is 0 Å². The van der Waals surface area contributed by atoms with Gasteiger partial charge in [-0.15, -0.1) is 13.2 Å². The number of hydrogen-bond acceptors (Lipinski definition) is 3. The molecule has 7 heteroatoms. The van der Waals surface area contributed by atoms with E-state index in [2.05, 4.69) is 10.1 Å². The van der Waals surface area contributed by atoms with Crippen LogP contribution in [0.1, 0.15) is 12.5 Å². The number of hydrogen-bond donors (Lipinski definition) is 2. The van der Waals surface area contributed by atoms with E-state index in [0.717, 1.165) is 23.1 Å². The van der Waals surface area contributed by atoms with Gasteiger partial charge in [0.2, 0.25) is 5.91 Å². The molecule has 2 rings (SSSR count). The zero-order valence-corrected chi connectivity index (χ0v) is 13.6. The Bertz CT molecular complexity index is 698. The number of nitrogens with one attached hydrogen (secondary N) is 1. The average molecular weight is 352 g/mol. The van der Waals surface area contributed by atoms with Crippen molar-refractivity contribution in [2.45, 2.75) is 25.7 Å². The van der Waals surface area contributed by atoms with E-state index in [1.807, 2.05) is 24.3 Å². The van der Waals surface area contributed by atoms with E-state index < -0.39 is 12.3 Å². The smallest absolute Gasteiger partial charge is 0.406 e. The Kier molecular flexibility index (Phi) is 6.03. The van der Waals surface area contributed by atoms with Crippen LogP contribution in [0, 0.1) is 0 Å². The van der Waals surface area contributed by atoms with Crippen LogP contribution in [0.4, 0.5) is 13.2 Å². The van der Waals surface area contributed by atoms with Crippen molar-refractivity contribution in [3.8, 4) is 16.9 Å². The molecule has 2 aromatic rings. The molecule has 4 nitrogen and oxygen atoms in total. The summed E-state index contributed by atoms with van der Waals surface area (Å²) in [5, 5.41) is 3.02. The molecule has 2 aromatic carbocycles. The van der Waals surface area contributed by atoms with Crippen molar-refractivity contribution >= 4 is 5.91 Å². The third kappa shape index (κ3) is 6.11. The van der Waals surface area contributed by atoms with Crippen LogP contribution < -0.4 is 15.8 Å². The fraction of sp³-hybridized carbons (Fsp3) is 0.278. The molecule has 0 fully saturated rings. The highest BCUT2D eigenvalue weighted by molar-refractivity contribution is 5.79. The molecule has 0 bridgehead atoms. The quantitative estimate of drug-likeness (QED) is 0.804. The van der Waals surface area contributed by atoms with Crippen LogP contribution in [0.2, 0.25) is 0 Å². The number of ether oxygens (including phenoxy) is 1. The number of benzene rings is 2. The largest absolute Gasteiger partial charge is 0.573 e. The molecule has 0 spiro atoms. The van der Waals surface area contributed by atoms with Gasteiger partial charge in [0, 0.05) is 0 Å². The van der Waals surface area contributed by atoms with Crippen molar-refractivity contribution in [3.05, 3.63) is 54.1 Å². The molecule has 0 aliphatic rings. The third-order valence-electron chi connectivity index (χ3n) is 3.67. The van der Waals surface area contributed by atoms with Crippen molar-refractivity contribution in [1.82, 2.24) is 5.32 Å². The summed E-state index contributed by atoms with van der Waals surface area (Å²) in [6.45, 7) is 2.32. The van der Waals surface area contributed by atoms with E-state index in [1.165, 1.54) is 12.1 Å². The highest BCUT2D eigenvalue weighted by Crippen LogP contribution is 2.26. The lowest BCUT2D eigenvalue weighted by atomic mass is 10.0. The van der Waals surface area contributed by atoms with Crippen LogP contribution in [0.25, 0.3) is 11.1 Å². The lowest BCUT2D eigenvalue weighted by Crippen LogP contribution is -2.39. The van der Waals surface area contributed by atoms with Crippen molar-refractivity contribution in [2.75, 3.05) is 6.54 Å². The van der Waals surface area contributed by atoms with Gasteiger partial charge in [-0.2, -0.15) is 0 Å². The fourth-order valence-electron chi connectivity index (χ4n) is 2.25. The summed E-state index contributed by atoms with van der Waals surface area (Å²) in [6, 6.07) is 13.0. The number of halogens is 3. The molecule has 0 aromatic heterocycles. The Morgan fingerprint density at radius 1 is 1.08 bits per heavy atom. The highest BCUT2D eigenvalue weighted by Gasteiger charge is 2.30. The van der Waals surface area contributed by atoms with E-state index in [-0.39, 0.29) is 11.8 Å². The first-order valence-electron chi connectivity index (χ1n) is 7.72. The monoisotopic (exact) mass is 352 g/mol. The molecule has 1 atom stereocenters. The zero-order valence-electron chi connectivity index (χ0n) is 13.6. The summed E-state index contributed by atoms with van der Waals surface area (Å²) in [4.78, 5) is 10.9. The van der Waals surface area contributed by atoms with Crippen molar-refractivity contribution in [3.63, 3.8) is 0 Å². The second-order valence-electron chi connectivity index (χ2n) is 5.60. The minimum atomic E-state index is -4.69. The Hall–Kier alpha value is -2.54. The number of primary amides is 1. The van der Waals surface area contributed by atoms with Crippen molar-refractivity contribution < 1.29 is 22.7 Å². The number of rotatable bonds is 7. The molecule has 0 aliphatic carbocycles. The van der Waals surface area contributed by atoms with Crippen molar-refractivity contribution in [2.24, 2.45) is 5.73 Å². The lowest BCUT2D eigenvalue weighted by molar-refractivity contribution is -0.274. The van der Waals surface area contributed by atoms with Crippen LogP contribution >= 0.6 is 0 Å². The molecule has 134 valence electrons. The first-order valence-corrected chi connectivity index (χ1v) is 7.72. The Morgan fingerprint density at radius 3 is 2.08 bits per heavy atom. The first-order chi connectivity index (χ1) is 11.7. The van der Waals surface area contributed by atoms with Gasteiger partial charge in [0.15, 0.2) is 0 Å². The molecule has 0 aliphatic heterocycles. The Balaban J connectivity index is 1.94.